The molecule has 2 aromatic heterocycles. The number of alkyl halides is 3. The van der Waals surface area contributed by atoms with E-state index < -0.39 is 30.5 Å². The third-order valence-corrected chi connectivity index (χ3v) is 7.02. The van der Waals surface area contributed by atoms with E-state index in [1.807, 2.05) is 66.7 Å². The molecule has 2 amide bonds. The number of nitrogens with one attached hydrogen (secondary N) is 1. The maximum absolute atomic E-state index is 12.4. The average molecular weight is 583 g/mol. The molecule has 0 saturated carbocycles. The molecule has 1 saturated heterocycles. The molecule has 42 heavy (non-hydrogen) atoms. The van der Waals surface area contributed by atoms with E-state index in [9.17, 15) is 22.8 Å². The van der Waals surface area contributed by atoms with Crippen LogP contribution < -0.4 is 5.32 Å². The lowest BCUT2D eigenvalue weighted by molar-refractivity contribution is -0.142. The number of aromatic nitrogens is 4. The Bertz CT molecular complexity index is 1580. The number of rotatable bonds is 6. The number of hydrogen-bond acceptors (Lipinski definition) is 5. The van der Waals surface area contributed by atoms with Gasteiger partial charge in [-0.2, -0.15) is 18.3 Å². The average Bonchev–Trinajstić information content (AvgIpc) is 3.58. The first-order valence-corrected chi connectivity index (χ1v) is 13.8. The van der Waals surface area contributed by atoms with Crippen molar-refractivity contribution in [1.82, 2.24) is 24.2 Å². The lowest BCUT2D eigenvalue weighted by Gasteiger charge is -2.33. The van der Waals surface area contributed by atoms with Gasteiger partial charge < -0.3 is 15.0 Å². The minimum Gasteiger partial charge on any atom is -0.444 e. The number of carbonyl (C=O) groups is 2. The van der Waals surface area contributed by atoms with Crippen LogP contribution in [0.25, 0.3) is 27.8 Å². The van der Waals surface area contributed by atoms with Gasteiger partial charge in [0.2, 0.25) is 5.91 Å². The summed E-state index contributed by atoms with van der Waals surface area (Å²) in [5.41, 5.74) is 4.09. The van der Waals surface area contributed by atoms with E-state index in [2.05, 4.69) is 15.4 Å². The smallest absolute Gasteiger partial charge is 0.410 e. The summed E-state index contributed by atoms with van der Waals surface area (Å²) in [6.07, 6.45) is 0.602. The molecule has 222 valence electrons. The van der Waals surface area contributed by atoms with Crippen molar-refractivity contribution in [3.63, 3.8) is 0 Å². The van der Waals surface area contributed by atoms with Crippen LogP contribution in [-0.2, 0) is 9.53 Å². The number of amides is 2. The van der Waals surface area contributed by atoms with Crippen LogP contribution in [-0.4, -0.2) is 61.1 Å². The fraction of sp³-hybridized carbons (Fsp3) is 0.400. The van der Waals surface area contributed by atoms with Crippen molar-refractivity contribution in [2.45, 2.75) is 64.3 Å². The SMILES string of the molecule is CC(C)(C)OC(=O)N1CCC(n2cc(-c3ccc4c(c3)ncn4-c3cccc(NC(=O)CCC(F)(F)F)c3)cn2)CC1. The molecule has 0 atom stereocenters. The second-order valence-electron chi connectivity index (χ2n) is 11.4. The van der Waals surface area contributed by atoms with Gasteiger partial charge in [-0.1, -0.05) is 12.1 Å². The minimum absolute atomic E-state index is 0.182. The molecule has 4 aromatic rings. The molecule has 1 aliphatic heterocycles. The molecule has 1 N–H and O–H groups in total. The molecule has 12 heteroatoms. The van der Waals surface area contributed by atoms with E-state index >= 15 is 0 Å². The second kappa shape index (κ2) is 11.5. The van der Waals surface area contributed by atoms with Gasteiger partial charge >= 0.3 is 12.3 Å². The molecule has 5 rings (SSSR count). The summed E-state index contributed by atoms with van der Waals surface area (Å²) >= 11 is 0. The van der Waals surface area contributed by atoms with E-state index in [1.54, 1.807) is 29.4 Å². The third-order valence-electron chi connectivity index (χ3n) is 7.02. The van der Waals surface area contributed by atoms with Gasteiger partial charge in [-0.15, -0.1) is 0 Å². The molecule has 0 unspecified atom stereocenters. The van der Waals surface area contributed by atoms with Crippen LogP contribution >= 0.6 is 0 Å². The highest BCUT2D eigenvalue weighted by atomic mass is 19.4. The maximum Gasteiger partial charge on any atom is 0.410 e. The number of benzene rings is 2. The first kappa shape index (κ1) is 29.2. The molecular weight excluding hydrogens is 549 g/mol. The van der Waals surface area contributed by atoms with E-state index in [4.69, 9.17) is 4.74 Å². The lowest BCUT2D eigenvalue weighted by Crippen LogP contribution is -2.42. The first-order chi connectivity index (χ1) is 19.8. The van der Waals surface area contributed by atoms with Crippen molar-refractivity contribution >= 4 is 28.7 Å². The highest BCUT2D eigenvalue weighted by Crippen LogP contribution is 2.29. The summed E-state index contributed by atoms with van der Waals surface area (Å²) in [6, 6.07) is 13.0. The third kappa shape index (κ3) is 7.10. The van der Waals surface area contributed by atoms with Crippen LogP contribution in [0.4, 0.5) is 23.7 Å². The first-order valence-electron chi connectivity index (χ1n) is 13.8. The number of carbonyl (C=O) groups excluding carboxylic acids is 2. The summed E-state index contributed by atoms with van der Waals surface area (Å²) < 4.78 is 46.6. The van der Waals surface area contributed by atoms with Gasteiger partial charge in [0.05, 0.1) is 29.7 Å². The van der Waals surface area contributed by atoms with Crippen molar-refractivity contribution in [2.24, 2.45) is 0 Å². The Morgan fingerprint density at radius 2 is 1.81 bits per heavy atom. The predicted octanol–water partition coefficient (Wildman–Crippen LogP) is 6.74. The van der Waals surface area contributed by atoms with Crippen LogP contribution in [0.5, 0.6) is 0 Å². The standard InChI is InChI=1S/C30H33F3N6O3/c1-29(2,3)42-28(41)37-13-10-23(11-14-37)39-18-21(17-35-39)20-7-8-26-25(15-20)34-19-38(26)24-6-4-5-22(16-24)36-27(40)9-12-30(31,32)33/h4-8,15-19,23H,9-14H2,1-3H3,(H,36,40). The number of nitrogens with zero attached hydrogens (tertiary/aromatic N) is 5. The molecular formula is C30H33F3N6O3. The van der Waals surface area contributed by atoms with Gasteiger partial charge in [0.25, 0.3) is 0 Å². The molecule has 0 radical (unpaired) electrons. The Kier molecular flexibility index (Phi) is 7.98. The number of anilines is 1. The topological polar surface area (TPSA) is 94.3 Å². The molecule has 9 nitrogen and oxygen atoms in total. The Morgan fingerprint density at radius 1 is 1.05 bits per heavy atom. The molecule has 1 fully saturated rings. The second-order valence-corrected chi connectivity index (χ2v) is 11.4. The van der Waals surface area contributed by atoms with Crippen LogP contribution in [0.1, 0.15) is 52.5 Å². The zero-order valence-corrected chi connectivity index (χ0v) is 23.7. The van der Waals surface area contributed by atoms with Crippen LogP contribution in [0.15, 0.2) is 61.2 Å². The zero-order chi connectivity index (χ0) is 30.1. The van der Waals surface area contributed by atoms with Gasteiger partial charge in [-0.05, 0) is 69.5 Å². The number of fused-ring (bicyclic) bond motifs is 1. The van der Waals surface area contributed by atoms with Crippen LogP contribution in [0.2, 0.25) is 0 Å². The number of halogens is 3. The summed E-state index contributed by atoms with van der Waals surface area (Å²) in [6.45, 7) is 6.79. The van der Waals surface area contributed by atoms with Gasteiger partial charge in [-0.25, -0.2) is 9.78 Å². The molecule has 1 aliphatic rings. The summed E-state index contributed by atoms with van der Waals surface area (Å²) in [7, 11) is 0. The van der Waals surface area contributed by atoms with Gasteiger partial charge in [0.15, 0.2) is 0 Å². The van der Waals surface area contributed by atoms with E-state index in [1.165, 1.54) is 0 Å². The van der Waals surface area contributed by atoms with Crippen molar-refractivity contribution in [3.8, 4) is 16.8 Å². The summed E-state index contributed by atoms with van der Waals surface area (Å²) in [5.74, 6) is -0.696. The minimum atomic E-state index is -4.38. The predicted molar refractivity (Wildman–Crippen MR) is 152 cm³/mol. The number of hydrogen-bond donors (Lipinski definition) is 1. The van der Waals surface area contributed by atoms with Gasteiger partial charge in [0, 0.05) is 42.6 Å². The Balaban J connectivity index is 1.25. The van der Waals surface area contributed by atoms with Crippen molar-refractivity contribution in [3.05, 3.63) is 61.2 Å². The van der Waals surface area contributed by atoms with E-state index in [0.717, 1.165) is 35.0 Å². The molecule has 0 bridgehead atoms. The van der Waals surface area contributed by atoms with Gasteiger partial charge in [0.1, 0.15) is 11.9 Å². The maximum atomic E-state index is 12.4. The Morgan fingerprint density at radius 3 is 2.52 bits per heavy atom. The fourth-order valence-electron chi connectivity index (χ4n) is 4.94. The number of likely N-dealkylation sites (tertiary alicyclic amines) is 1. The lowest BCUT2D eigenvalue weighted by atomic mass is 10.1. The van der Waals surface area contributed by atoms with E-state index in [0.29, 0.717) is 24.5 Å². The number of ether oxygens (including phenoxy) is 1. The van der Waals surface area contributed by atoms with Crippen molar-refractivity contribution in [1.29, 1.82) is 0 Å². The highest BCUT2D eigenvalue weighted by molar-refractivity contribution is 5.91. The van der Waals surface area contributed by atoms with Gasteiger partial charge in [-0.3, -0.25) is 14.0 Å². The Hall–Kier alpha value is -4.35. The molecule has 0 aliphatic carbocycles. The molecule has 2 aromatic carbocycles. The molecule has 3 heterocycles. The zero-order valence-electron chi connectivity index (χ0n) is 23.7. The fourth-order valence-corrected chi connectivity index (χ4v) is 4.94. The largest absolute Gasteiger partial charge is 0.444 e. The number of piperidine rings is 1. The summed E-state index contributed by atoms with van der Waals surface area (Å²) in [5, 5.41) is 7.13. The normalized spacial score (nSPS) is 14.8. The highest BCUT2D eigenvalue weighted by Gasteiger charge is 2.29. The van der Waals surface area contributed by atoms with Crippen LogP contribution in [0.3, 0.4) is 0 Å². The van der Waals surface area contributed by atoms with E-state index in [-0.39, 0.29) is 12.1 Å². The summed E-state index contributed by atoms with van der Waals surface area (Å²) in [4.78, 5) is 30.6. The quantitative estimate of drug-likeness (QED) is 0.272. The molecule has 0 spiro atoms. The Labute approximate surface area is 241 Å². The monoisotopic (exact) mass is 582 g/mol. The van der Waals surface area contributed by atoms with Crippen molar-refractivity contribution in [2.75, 3.05) is 18.4 Å². The van der Waals surface area contributed by atoms with Crippen molar-refractivity contribution < 1.29 is 27.5 Å². The van der Waals surface area contributed by atoms with Crippen LogP contribution in [0, 0.1) is 0 Å². The number of imidazole rings is 1.